The van der Waals surface area contributed by atoms with E-state index in [9.17, 15) is 8.42 Å². The van der Waals surface area contributed by atoms with Crippen LogP contribution in [-0.2, 0) is 10.0 Å². The van der Waals surface area contributed by atoms with Crippen LogP contribution in [0.4, 0.5) is 0 Å². The maximum absolute atomic E-state index is 12.4. The lowest BCUT2D eigenvalue weighted by molar-refractivity contribution is 0.239. The normalized spacial score (nSPS) is 15.4. The molecule has 0 aliphatic carbocycles. The van der Waals surface area contributed by atoms with E-state index < -0.39 is 10.0 Å². The third kappa shape index (κ3) is 6.09. The van der Waals surface area contributed by atoms with E-state index in [0.29, 0.717) is 11.4 Å². The van der Waals surface area contributed by atoms with E-state index in [1.807, 2.05) is 30.3 Å². The topological polar surface area (TPSA) is 61.4 Å². The molecule has 0 bridgehead atoms. The Hall–Kier alpha value is -0.890. The molecule has 5 nitrogen and oxygen atoms in total. The molecule has 25 heavy (non-hydrogen) atoms. The Balaban J connectivity index is 0.00000156. The van der Waals surface area contributed by atoms with Crippen molar-refractivity contribution in [3.05, 3.63) is 42.5 Å². The minimum atomic E-state index is -3.44. The molecule has 0 spiro atoms. The molecular formula is C17H25Cl2N3O2S. The molecule has 1 aliphatic rings. The molecule has 0 saturated carbocycles. The molecule has 0 unspecified atom stereocenters. The summed E-state index contributed by atoms with van der Waals surface area (Å²) in [5.41, 5.74) is 0. The molecule has 0 amide bonds. The fraction of sp³-hybridized carbons (Fsp3) is 0.412. The number of nitrogens with zero attached hydrogens (tertiary/aromatic N) is 1. The number of fused-ring (bicyclic) bond motifs is 1. The van der Waals surface area contributed by atoms with Gasteiger partial charge in [0.05, 0.1) is 4.90 Å². The van der Waals surface area contributed by atoms with Gasteiger partial charge in [0.25, 0.3) is 0 Å². The predicted molar refractivity (Wildman–Crippen MR) is 108 cm³/mol. The van der Waals surface area contributed by atoms with Crippen molar-refractivity contribution in [1.82, 2.24) is 14.9 Å². The number of hydrogen-bond acceptors (Lipinski definition) is 4. The zero-order chi connectivity index (χ0) is 16.1. The second kappa shape index (κ2) is 10.3. The highest BCUT2D eigenvalue weighted by Crippen LogP contribution is 2.18. The molecule has 2 aromatic carbocycles. The van der Waals surface area contributed by atoms with Gasteiger partial charge in [0.1, 0.15) is 0 Å². The Morgan fingerprint density at radius 3 is 2.40 bits per heavy atom. The highest BCUT2D eigenvalue weighted by atomic mass is 35.5. The molecule has 0 atom stereocenters. The molecule has 2 N–H and O–H groups in total. The smallest absolute Gasteiger partial charge is 0.240 e. The van der Waals surface area contributed by atoms with Crippen LogP contribution in [0.3, 0.4) is 0 Å². The molecule has 140 valence electrons. The summed E-state index contributed by atoms with van der Waals surface area (Å²) < 4.78 is 27.5. The maximum Gasteiger partial charge on any atom is 0.240 e. The second-order valence-corrected chi connectivity index (χ2v) is 7.62. The molecule has 1 saturated heterocycles. The molecule has 1 fully saturated rings. The van der Waals surface area contributed by atoms with Crippen molar-refractivity contribution in [3.63, 3.8) is 0 Å². The predicted octanol–water partition coefficient (Wildman–Crippen LogP) is 2.26. The van der Waals surface area contributed by atoms with Crippen LogP contribution in [0.15, 0.2) is 47.4 Å². The molecule has 3 rings (SSSR count). The van der Waals surface area contributed by atoms with Crippen molar-refractivity contribution in [2.75, 3.05) is 39.3 Å². The minimum absolute atomic E-state index is 0. The fourth-order valence-corrected chi connectivity index (χ4v) is 3.97. The summed E-state index contributed by atoms with van der Waals surface area (Å²) in [7, 11) is -3.44. The van der Waals surface area contributed by atoms with Crippen molar-refractivity contribution >= 4 is 45.6 Å². The molecule has 8 heteroatoms. The van der Waals surface area contributed by atoms with Crippen molar-refractivity contribution in [1.29, 1.82) is 0 Å². The van der Waals surface area contributed by atoms with Crippen molar-refractivity contribution in [3.8, 4) is 0 Å². The second-order valence-electron chi connectivity index (χ2n) is 5.85. The largest absolute Gasteiger partial charge is 0.314 e. The van der Waals surface area contributed by atoms with Crippen molar-refractivity contribution in [2.45, 2.75) is 11.3 Å². The summed E-state index contributed by atoms with van der Waals surface area (Å²) in [6.07, 6.45) is 0.826. The Bertz CT molecular complexity index is 765. The SMILES string of the molecule is Cl.Cl.O=S(=O)(NCCCN1CCNCC1)c1ccc2ccccc2c1. The number of sulfonamides is 1. The summed E-state index contributed by atoms with van der Waals surface area (Å²) in [5, 5.41) is 5.30. The summed E-state index contributed by atoms with van der Waals surface area (Å²) >= 11 is 0. The highest BCUT2D eigenvalue weighted by Gasteiger charge is 2.14. The summed E-state index contributed by atoms with van der Waals surface area (Å²) in [6, 6.07) is 13.0. The molecule has 0 radical (unpaired) electrons. The quantitative estimate of drug-likeness (QED) is 0.723. The fourth-order valence-electron chi connectivity index (χ4n) is 2.86. The summed E-state index contributed by atoms with van der Waals surface area (Å²) in [6.45, 7) is 5.52. The lowest BCUT2D eigenvalue weighted by Gasteiger charge is -2.27. The van der Waals surface area contributed by atoms with E-state index >= 15 is 0 Å². The lowest BCUT2D eigenvalue weighted by Crippen LogP contribution is -2.44. The van der Waals surface area contributed by atoms with E-state index in [1.165, 1.54) is 0 Å². The highest BCUT2D eigenvalue weighted by molar-refractivity contribution is 7.89. The molecule has 2 aromatic rings. The average molecular weight is 406 g/mol. The van der Waals surface area contributed by atoms with Crippen LogP contribution in [0.25, 0.3) is 10.8 Å². The first-order chi connectivity index (χ1) is 11.1. The number of hydrogen-bond donors (Lipinski definition) is 2. The average Bonchev–Trinajstić information content (AvgIpc) is 2.59. The zero-order valence-electron chi connectivity index (χ0n) is 14.0. The first-order valence-electron chi connectivity index (χ1n) is 8.07. The number of nitrogens with one attached hydrogen (secondary N) is 2. The Morgan fingerprint density at radius 2 is 1.68 bits per heavy atom. The van der Waals surface area contributed by atoms with Gasteiger partial charge >= 0.3 is 0 Å². The number of rotatable bonds is 6. The van der Waals surface area contributed by atoms with Gasteiger partial charge in [-0.25, -0.2) is 13.1 Å². The van der Waals surface area contributed by atoms with Crippen LogP contribution in [0, 0.1) is 0 Å². The van der Waals surface area contributed by atoms with Crippen LogP contribution < -0.4 is 10.0 Å². The third-order valence-corrected chi connectivity index (χ3v) is 5.64. The standard InChI is InChI=1S/C17H23N3O2S.2ClH/c21-23(22,19-8-3-11-20-12-9-18-10-13-20)17-7-6-15-4-1-2-5-16(15)14-17;;/h1-2,4-7,14,18-19H,3,8-13H2;2*1H. The Morgan fingerprint density at radius 1 is 1.00 bits per heavy atom. The van der Waals surface area contributed by atoms with Gasteiger partial charge in [-0.05, 0) is 35.9 Å². The van der Waals surface area contributed by atoms with E-state index in [1.54, 1.807) is 12.1 Å². The van der Waals surface area contributed by atoms with Crippen molar-refractivity contribution in [2.24, 2.45) is 0 Å². The molecule has 1 heterocycles. The van der Waals surface area contributed by atoms with Gasteiger partial charge in [-0.3, -0.25) is 0 Å². The summed E-state index contributed by atoms with van der Waals surface area (Å²) in [5.74, 6) is 0. The lowest BCUT2D eigenvalue weighted by atomic mass is 10.1. The van der Waals surface area contributed by atoms with E-state index in [2.05, 4.69) is 14.9 Å². The van der Waals surface area contributed by atoms with Gasteiger partial charge < -0.3 is 10.2 Å². The van der Waals surface area contributed by atoms with E-state index in [0.717, 1.165) is 49.9 Å². The minimum Gasteiger partial charge on any atom is -0.314 e. The monoisotopic (exact) mass is 405 g/mol. The van der Waals surface area contributed by atoms with Crippen LogP contribution in [0.1, 0.15) is 6.42 Å². The number of halogens is 2. The van der Waals surface area contributed by atoms with Crippen LogP contribution in [0.5, 0.6) is 0 Å². The van der Waals surface area contributed by atoms with Crippen LogP contribution in [-0.4, -0.2) is 52.6 Å². The molecule has 0 aromatic heterocycles. The van der Waals surface area contributed by atoms with Gasteiger partial charge in [-0.15, -0.1) is 24.8 Å². The van der Waals surface area contributed by atoms with Gasteiger partial charge in [-0.1, -0.05) is 30.3 Å². The van der Waals surface area contributed by atoms with Gasteiger partial charge in [0.2, 0.25) is 10.0 Å². The van der Waals surface area contributed by atoms with E-state index in [-0.39, 0.29) is 24.8 Å². The molecule has 1 aliphatic heterocycles. The number of piperazine rings is 1. The Kier molecular flexibility index (Phi) is 9.13. The van der Waals surface area contributed by atoms with Gasteiger partial charge in [0.15, 0.2) is 0 Å². The first-order valence-corrected chi connectivity index (χ1v) is 9.55. The van der Waals surface area contributed by atoms with Gasteiger partial charge in [-0.2, -0.15) is 0 Å². The summed E-state index contributed by atoms with van der Waals surface area (Å²) in [4.78, 5) is 2.69. The first kappa shape index (κ1) is 22.2. The maximum atomic E-state index is 12.4. The Labute approximate surface area is 162 Å². The molecular weight excluding hydrogens is 381 g/mol. The van der Waals surface area contributed by atoms with Gasteiger partial charge in [0, 0.05) is 32.7 Å². The third-order valence-electron chi connectivity index (χ3n) is 4.18. The van der Waals surface area contributed by atoms with Crippen LogP contribution >= 0.6 is 24.8 Å². The zero-order valence-corrected chi connectivity index (χ0v) is 16.4. The van der Waals surface area contributed by atoms with Crippen molar-refractivity contribution < 1.29 is 8.42 Å². The number of benzene rings is 2. The van der Waals surface area contributed by atoms with Crippen LogP contribution in [0.2, 0.25) is 0 Å². The van der Waals surface area contributed by atoms with E-state index in [4.69, 9.17) is 0 Å².